The van der Waals surface area contributed by atoms with E-state index in [0.29, 0.717) is 12.7 Å². The lowest BCUT2D eigenvalue weighted by molar-refractivity contribution is -0.150. The van der Waals surface area contributed by atoms with E-state index >= 15 is 0 Å². The van der Waals surface area contributed by atoms with Gasteiger partial charge in [0.2, 0.25) is 0 Å². The van der Waals surface area contributed by atoms with E-state index in [-0.39, 0.29) is 5.97 Å². The molecule has 0 aromatic carbocycles. The molecule has 1 heterocycles. The van der Waals surface area contributed by atoms with Gasteiger partial charge in [0.25, 0.3) is 0 Å². The van der Waals surface area contributed by atoms with Crippen LogP contribution in [0.1, 0.15) is 40.0 Å². The van der Waals surface area contributed by atoms with Crippen molar-refractivity contribution in [1.82, 2.24) is 10.2 Å². The Hall–Kier alpha value is -0.650. The summed E-state index contributed by atoms with van der Waals surface area (Å²) >= 11 is 0. The van der Waals surface area contributed by atoms with Crippen molar-refractivity contribution < 1.29 is 14.3 Å². The normalized spacial score (nSPS) is 23.3. The lowest BCUT2D eigenvalue weighted by Crippen LogP contribution is -2.48. The fourth-order valence-electron chi connectivity index (χ4n) is 2.53. The Labute approximate surface area is 123 Å². The molecule has 1 rings (SSSR count). The van der Waals surface area contributed by atoms with Crippen LogP contribution in [0.4, 0.5) is 0 Å². The molecule has 2 atom stereocenters. The average Bonchev–Trinajstić information content (AvgIpc) is 2.43. The highest BCUT2D eigenvalue weighted by atomic mass is 16.5. The minimum atomic E-state index is -0.561. The number of morpholine rings is 1. The summed E-state index contributed by atoms with van der Waals surface area (Å²) in [7, 11) is 1.82. The Balaban J connectivity index is 2.25. The van der Waals surface area contributed by atoms with Gasteiger partial charge in [0.05, 0.1) is 19.3 Å². The van der Waals surface area contributed by atoms with Gasteiger partial charge in [-0.1, -0.05) is 0 Å². The molecule has 0 amide bonds. The van der Waals surface area contributed by atoms with Crippen LogP contribution in [0.3, 0.4) is 0 Å². The first-order chi connectivity index (χ1) is 9.51. The van der Waals surface area contributed by atoms with Crippen molar-refractivity contribution in [2.75, 3.05) is 39.9 Å². The second-order valence-electron chi connectivity index (χ2n) is 5.74. The van der Waals surface area contributed by atoms with Gasteiger partial charge in [-0.25, -0.2) is 0 Å². The topological polar surface area (TPSA) is 50.8 Å². The number of esters is 1. The van der Waals surface area contributed by atoms with Gasteiger partial charge >= 0.3 is 5.97 Å². The first-order valence-corrected chi connectivity index (χ1v) is 7.72. The van der Waals surface area contributed by atoms with Gasteiger partial charge < -0.3 is 14.8 Å². The van der Waals surface area contributed by atoms with Crippen LogP contribution < -0.4 is 5.32 Å². The molecule has 0 aromatic rings. The molecule has 1 aliphatic heterocycles. The third-order valence-corrected chi connectivity index (χ3v) is 4.00. The van der Waals surface area contributed by atoms with E-state index in [4.69, 9.17) is 9.47 Å². The molecule has 0 spiro atoms. The van der Waals surface area contributed by atoms with Crippen molar-refractivity contribution in [2.45, 2.75) is 51.7 Å². The third kappa shape index (κ3) is 5.38. The van der Waals surface area contributed by atoms with Crippen LogP contribution in [0.15, 0.2) is 0 Å². The molecule has 1 fully saturated rings. The van der Waals surface area contributed by atoms with Crippen molar-refractivity contribution in [2.24, 2.45) is 0 Å². The molecule has 118 valence electrons. The maximum Gasteiger partial charge on any atom is 0.326 e. The van der Waals surface area contributed by atoms with Crippen LogP contribution >= 0.6 is 0 Å². The summed E-state index contributed by atoms with van der Waals surface area (Å²) < 4.78 is 10.7. The van der Waals surface area contributed by atoms with Crippen LogP contribution in [-0.2, 0) is 14.3 Å². The number of carbonyl (C=O) groups is 1. The summed E-state index contributed by atoms with van der Waals surface area (Å²) in [5.41, 5.74) is -0.561. The smallest absolute Gasteiger partial charge is 0.326 e. The molecular weight excluding hydrogens is 256 g/mol. The molecule has 2 unspecified atom stereocenters. The van der Waals surface area contributed by atoms with Crippen LogP contribution in [-0.4, -0.2) is 62.4 Å². The molecule has 1 saturated heterocycles. The lowest BCUT2D eigenvalue weighted by Gasteiger charge is -2.31. The fraction of sp³-hybridized carbons (Fsp3) is 0.933. The molecule has 5 nitrogen and oxygen atoms in total. The highest BCUT2D eigenvalue weighted by Crippen LogP contribution is 2.16. The summed E-state index contributed by atoms with van der Waals surface area (Å²) in [4.78, 5) is 14.4. The highest BCUT2D eigenvalue weighted by Gasteiger charge is 2.32. The number of unbranched alkanes of at least 4 members (excludes halogenated alkanes) is 1. The quantitative estimate of drug-likeness (QED) is 0.540. The number of nitrogens with one attached hydrogen (secondary N) is 1. The second-order valence-corrected chi connectivity index (χ2v) is 5.74. The van der Waals surface area contributed by atoms with Crippen molar-refractivity contribution >= 4 is 5.97 Å². The number of hydrogen-bond donors (Lipinski definition) is 1. The van der Waals surface area contributed by atoms with E-state index in [0.717, 1.165) is 45.5 Å². The van der Waals surface area contributed by atoms with E-state index in [2.05, 4.69) is 17.1 Å². The molecule has 5 heteroatoms. The Morgan fingerprint density at radius 2 is 2.25 bits per heavy atom. The number of rotatable bonds is 8. The summed E-state index contributed by atoms with van der Waals surface area (Å²) in [6, 6.07) is 0. The van der Waals surface area contributed by atoms with Crippen molar-refractivity contribution in [3.63, 3.8) is 0 Å². The minimum absolute atomic E-state index is 0.150. The maximum atomic E-state index is 11.9. The van der Waals surface area contributed by atoms with Gasteiger partial charge in [0.15, 0.2) is 0 Å². The zero-order valence-electron chi connectivity index (χ0n) is 13.4. The van der Waals surface area contributed by atoms with E-state index in [9.17, 15) is 4.79 Å². The predicted octanol–water partition coefficient (Wildman–Crippen LogP) is 1.42. The van der Waals surface area contributed by atoms with Crippen LogP contribution in [0, 0.1) is 0 Å². The Bertz CT molecular complexity index is 299. The number of ether oxygens (including phenoxy) is 2. The van der Waals surface area contributed by atoms with Gasteiger partial charge in [-0.15, -0.1) is 0 Å². The molecular formula is C15H30N2O3. The first kappa shape index (κ1) is 17.4. The van der Waals surface area contributed by atoms with E-state index in [1.807, 2.05) is 20.9 Å². The van der Waals surface area contributed by atoms with E-state index in [1.165, 1.54) is 0 Å². The third-order valence-electron chi connectivity index (χ3n) is 4.00. The molecule has 0 saturated carbocycles. The number of likely N-dealkylation sites (N-methyl/N-ethyl adjacent to an activating group) is 1. The number of carbonyl (C=O) groups excluding carboxylic acids is 1. The predicted molar refractivity (Wildman–Crippen MR) is 79.8 cm³/mol. The minimum Gasteiger partial charge on any atom is -0.465 e. The van der Waals surface area contributed by atoms with Crippen LogP contribution in [0.2, 0.25) is 0 Å². The summed E-state index contributed by atoms with van der Waals surface area (Å²) in [6.07, 6.45) is 3.26. The zero-order chi connectivity index (χ0) is 15.0. The van der Waals surface area contributed by atoms with Crippen LogP contribution in [0.5, 0.6) is 0 Å². The van der Waals surface area contributed by atoms with E-state index in [1.54, 1.807) is 0 Å². The molecule has 1 aliphatic rings. The zero-order valence-corrected chi connectivity index (χ0v) is 13.4. The highest BCUT2D eigenvalue weighted by molar-refractivity contribution is 5.80. The Morgan fingerprint density at radius 3 is 2.85 bits per heavy atom. The first-order valence-electron chi connectivity index (χ1n) is 7.72. The fourth-order valence-corrected chi connectivity index (χ4v) is 2.53. The number of nitrogens with zero attached hydrogens (tertiary/aromatic N) is 1. The number of hydrogen-bond acceptors (Lipinski definition) is 5. The largest absolute Gasteiger partial charge is 0.465 e. The van der Waals surface area contributed by atoms with Gasteiger partial charge in [0, 0.05) is 13.1 Å². The van der Waals surface area contributed by atoms with Gasteiger partial charge in [-0.3, -0.25) is 9.69 Å². The SMILES string of the molecule is CCOC(=O)C(C)(CCCCN1CCOC(C)C1)NC. The molecule has 1 N–H and O–H groups in total. The van der Waals surface area contributed by atoms with Crippen molar-refractivity contribution in [1.29, 1.82) is 0 Å². The summed E-state index contributed by atoms with van der Waals surface area (Å²) in [6.45, 7) is 10.3. The van der Waals surface area contributed by atoms with Gasteiger partial charge in [0.1, 0.15) is 5.54 Å². The molecule has 0 aromatic heterocycles. The Kier molecular flexibility index (Phi) is 7.48. The second kappa shape index (κ2) is 8.60. The summed E-state index contributed by atoms with van der Waals surface area (Å²) in [5.74, 6) is -0.150. The van der Waals surface area contributed by atoms with Crippen molar-refractivity contribution in [3.8, 4) is 0 Å². The van der Waals surface area contributed by atoms with Crippen molar-refractivity contribution in [3.05, 3.63) is 0 Å². The maximum absolute atomic E-state index is 11.9. The molecule has 0 bridgehead atoms. The Morgan fingerprint density at radius 1 is 1.50 bits per heavy atom. The summed E-state index contributed by atoms with van der Waals surface area (Å²) in [5, 5.41) is 3.10. The lowest BCUT2D eigenvalue weighted by atomic mass is 9.95. The van der Waals surface area contributed by atoms with Crippen LogP contribution in [0.25, 0.3) is 0 Å². The van der Waals surface area contributed by atoms with E-state index < -0.39 is 5.54 Å². The average molecular weight is 286 g/mol. The molecule has 20 heavy (non-hydrogen) atoms. The molecule has 0 aliphatic carbocycles. The van der Waals surface area contributed by atoms with Gasteiger partial charge in [-0.2, -0.15) is 0 Å². The monoisotopic (exact) mass is 286 g/mol. The standard InChI is InChI=1S/C15H30N2O3/c1-5-19-14(18)15(3,16-4)8-6-7-9-17-10-11-20-13(2)12-17/h13,16H,5-12H2,1-4H3. The van der Waals surface area contributed by atoms with Gasteiger partial charge in [-0.05, 0) is 53.6 Å². The molecule has 0 radical (unpaired) electrons.